The number of hydrogen-bond acceptors (Lipinski definition) is 3. The van der Waals surface area contributed by atoms with Crippen LogP contribution in [0.25, 0.3) is 0 Å². The number of carbonyl (C=O) groups excluding carboxylic acids is 2. The summed E-state index contributed by atoms with van der Waals surface area (Å²) in [6.07, 6.45) is 4.13. The fourth-order valence-corrected chi connectivity index (χ4v) is 2.77. The summed E-state index contributed by atoms with van der Waals surface area (Å²) in [7, 11) is 0. The molecule has 1 aliphatic carbocycles. The lowest BCUT2D eigenvalue weighted by Gasteiger charge is -2.24. The van der Waals surface area contributed by atoms with Crippen molar-refractivity contribution in [1.29, 1.82) is 0 Å². The Kier molecular flexibility index (Phi) is 3.82. The Morgan fingerprint density at radius 2 is 1.90 bits per heavy atom. The number of anilines is 1. The fraction of sp³-hybridized carbons (Fsp3) is 0.500. The van der Waals surface area contributed by atoms with Gasteiger partial charge in [-0.1, -0.05) is 12.1 Å². The van der Waals surface area contributed by atoms with Gasteiger partial charge in [0.25, 0.3) is 0 Å². The Hall–Kier alpha value is -2.04. The maximum absolute atomic E-state index is 12.4. The van der Waals surface area contributed by atoms with Gasteiger partial charge in [0.1, 0.15) is 6.04 Å². The summed E-state index contributed by atoms with van der Waals surface area (Å²) in [5, 5.41) is 3.00. The number of hydrogen-bond donors (Lipinski definition) is 2. The van der Waals surface area contributed by atoms with E-state index < -0.39 is 0 Å². The smallest absolute Gasteiger partial charge is 0.243 e. The highest BCUT2D eigenvalue weighted by Crippen LogP contribution is 2.23. The highest BCUT2D eigenvalue weighted by molar-refractivity contribution is 5.89. The number of nitrogens with one attached hydrogen (secondary N) is 1. The van der Waals surface area contributed by atoms with Gasteiger partial charge in [-0.3, -0.25) is 9.59 Å². The molecule has 112 valence electrons. The summed E-state index contributed by atoms with van der Waals surface area (Å²) >= 11 is 0. The molecule has 1 aliphatic heterocycles. The van der Waals surface area contributed by atoms with Crippen molar-refractivity contribution in [2.75, 3.05) is 12.3 Å². The van der Waals surface area contributed by atoms with Crippen LogP contribution in [0.2, 0.25) is 0 Å². The maximum Gasteiger partial charge on any atom is 0.243 e. The van der Waals surface area contributed by atoms with Gasteiger partial charge in [0.2, 0.25) is 11.8 Å². The van der Waals surface area contributed by atoms with E-state index in [0.29, 0.717) is 24.7 Å². The van der Waals surface area contributed by atoms with Crippen LogP contribution in [-0.4, -0.2) is 35.3 Å². The van der Waals surface area contributed by atoms with Crippen LogP contribution in [0.4, 0.5) is 5.69 Å². The second kappa shape index (κ2) is 5.76. The first-order chi connectivity index (χ1) is 10.1. The predicted octanol–water partition coefficient (Wildman–Crippen LogP) is 1.08. The summed E-state index contributed by atoms with van der Waals surface area (Å²) in [5.74, 6) is 0.0360. The first kappa shape index (κ1) is 13.9. The fourth-order valence-electron chi connectivity index (χ4n) is 2.77. The third-order valence-corrected chi connectivity index (χ3v) is 4.13. The number of amides is 2. The van der Waals surface area contributed by atoms with Crippen LogP contribution >= 0.6 is 0 Å². The first-order valence-electron chi connectivity index (χ1n) is 7.58. The molecule has 2 amide bonds. The highest BCUT2D eigenvalue weighted by Gasteiger charge is 2.36. The highest BCUT2D eigenvalue weighted by atomic mass is 16.2. The van der Waals surface area contributed by atoms with Gasteiger partial charge in [0.05, 0.1) is 6.42 Å². The summed E-state index contributed by atoms with van der Waals surface area (Å²) in [4.78, 5) is 26.3. The van der Waals surface area contributed by atoms with Crippen LogP contribution in [0.5, 0.6) is 0 Å². The van der Waals surface area contributed by atoms with Gasteiger partial charge in [-0.2, -0.15) is 0 Å². The van der Waals surface area contributed by atoms with Crippen molar-refractivity contribution >= 4 is 17.5 Å². The SMILES string of the molecule is Nc1ccc(CC(=O)N2CCCC2C(=O)NC2CC2)cc1. The van der Waals surface area contributed by atoms with E-state index in [4.69, 9.17) is 5.73 Å². The first-order valence-corrected chi connectivity index (χ1v) is 7.58. The van der Waals surface area contributed by atoms with Crippen molar-refractivity contribution in [3.63, 3.8) is 0 Å². The third-order valence-electron chi connectivity index (χ3n) is 4.13. The molecule has 5 heteroatoms. The van der Waals surface area contributed by atoms with Crippen LogP contribution in [0.3, 0.4) is 0 Å². The van der Waals surface area contributed by atoms with E-state index in [1.54, 1.807) is 17.0 Å². The molecule has 1 aromatic rings. The Labute approximate surface area is 124 Å². The Balaban J connectivity index is 1.62. The number of nitrogens with zero attached hydrogens (tertiary/aromatic N) is 1. The number of nitrogen functional groups attached to an aromatic ring is 1. The lowest BCUT2D eigenvalue weighted by molar-refractivity contribution is -0.138. The van der Waals surface area contributed by atoms with Crippen molar-refractivity contribution in [3.8, 4) is 0 Å². The maximum atomic E-state index is 12.4. The minimum Gasteiger partial charge on any atom is -0.399 e. The van der Waals surface area contributed by atoms with Crippen molar-refractivity contribution in [2.24, 2.45) is 0 Å². The zero-order valence-corrected chi connectivity index (χ0v) is 12.0. The molecular formula is C16H21N3O2. The van der Waals surface area contributed by atoms with E-state index in [2.05, 4.69) is 5.32 Å². The Morgan fingerprint density at radius 1 is 1.19 bits per heavy atom. The molecule has 5 nitrogen and oxygen atoms in total. The average Bonchev–Trinajstić information content (AvgIpc) is 3.13. The van der Waals surface area contributed by atoms with Crippen LogP contribution in [0, 0.1) is 0 Å². The van der Waals surface area contributed by atoms with Gasteiger partial charge in [0.15, 0.2) is 0 Å². The molecule has 3 rings (SSSR count). The van der Waals surface area contributed by atoms with Gasteiger partial charge in [-0.15, -0.1) is 0 Å². The largest absolute Gasteiger partial charge is 0.399 e. The molecular weight excluding hydrogens is 266 g/mol. The number of carbonyl (C=O) groups is 2. The summed E-state index contributed by atoms with van der Waals surface area (Å²) in [6.45, 7) is 0.677. The molecule has 0 bridgehead atoms. The Morgan fingerprint density at radius 3 is 2.57 bits per heavy atom. The average molecular weight is 287 g/mol. The lowest BCUT2D eigenvalue weighted by Crippen LogP contribution is -2.47. The minimum atomic E-state index is -0.285. The predicted molar refractivity (Wildman–Crippen MR) is 80.5 cm³/mol. The quantitative estimate of drug-likeness (QED) is 0.814. The number of nitrogens with two attached hydrogens (primary N) is 1. The molecule has 2 aliphatic rings. The van der Waals surface area contributed by atoms with Crippen molar-refractivity contribution in [3.05, 3.63) is 29.8 Å². The number of likely N-dealkylation sites (tertiary alicyclic amines) is 1. The standard InChI is InChI=1S/C16H21N3O2/c17-12-5-3-11(4-6-12)10-15(20)19-9-1-2-14(19)16(21)18-13-7-8-13/h3-6,13-14H,1-2,7-10,17H2,(H,18,21). The second-order valence-electron chi connectivity index (χ2n) is 5.95. The molecule has 1 unspecified atom stereocenters. The molecule has 1 saturated heterocycles. The summed E-state index contributed by atoms with van der Waals surface area (Å²) in [5.41, 5.74) is 7.27. The molecule has 1 aromatic carbocycles. The zero-order valence-electron chi connectivity index (χ0n) is 12.0. The topological polar surface area (TPSA) is 75.4 Å². The molecule has 1 heterocycles. The second-order valence-corrected chi connectivity index (χ2v) is 5.95. The summed E-state index contributed by atoms with van der Waals surface area (Å²) in [6, 6.07) is 7.37. The van der Waals surface area contributed by atoms with E-state index in [9.17, 15) is 9.59 Å². The van der Waals surface area contributed by atoms with E-state index in [-0.39, 0.29) is 17.9 Å². The Bertz CT molecular complexity index is 537. The lowest BCUT2D eigenvalue weighted by atomic mass is 10.1. The molecule has 3 N–H and O–H groups in total. The monoisotopic (exact) mass is 287 g/mol. The molecule has 0 spiro atoms. The van der Waals surface area contributed by atoms with Crippen LogP contribution in [-0.2, 0) is 16.0 Å². The van der Waals surface area contributed by atoms with Gasteiger partial charge in [-0.05, 0) is 43.4 Å². The van der Waals surface area contributed by atoms with E-state index >= 15 is 0 Å². The van der Waals surface area contributed by atoms with E-state index in [1.807, 2.05) is 12.1 Å². The number of rotatable bonds is 4. The van der Waals surface area contributed by atoms with Gasteiger partial charge in [-0.25, -0.2) is 0 Å². The third kappa shape index (κ3) is 3.35. The minimum absolute atomic E-state index is 0.0145. The van der Waals surface area contributed by atoms with Crippen LogP contribution in [0.15, 0.2) is 24.3 Å². The summed E-state index contributed by atoms with van der Waals surface area (Å²) < 4.78 is 0. The van der Waals surface area contributed by atoms with Crippen molar-refractivity contribution in [2.45, 2.75) is 44.2 Å². The van der Waals surface area contributed by atoms with Crippen LogP contribution < -0.4 is 11.1 Å². The van der Waals surface area contributed by atoms with Gasteiger partial charge >= 0.3 is 0 Å². The number of benzene rings is 1. The molecule has 0 radical (unpaired) electrons. The van der Waals surface area contributed by atoms with E-state index in [1.165, 1.54) is 0 Å². The molecule has 1 atom stereocenters. The molecule has 1 saturated carbocycles. The molecule has 0 aromatic heterocycles. The molecule has 21 heavy (non-hydrogen) atoms. The normalized spacial score (nSPS) is 21.3. The van der Waals surface area contributed by atoms with Gasteiger partial charge < -0.3 is 16.0 Å². The van der Waals surface area contributed by atoms with E-state index in [0.717, 1.165) is 31.2 Å². The van der Waals surface area contributed by atoms with Crippen molar-refractivity contribution < 1.29 is 9.59 Å². The zero-order chi connectivity index (χ0) is 14.8. The van der Waals surface area contributed by atoms with Crippen molar-refractivity contribution in [1.82, 2.24) is 10.2 Å². The molecule has 2 fully saturated rings. The van der Waals surface area contributed by atoms with Crippen LogP contribution in [0.1, 0.15) is 31.2 Å². The van der Waals surface area contributed by atoms with Gasteiger partial charge in [0, 0.05) is 18.3 Å².